The summed E-state index contributed by atoms with van der Waals surface area (Å²) in [6.45, 7) is 2.29. The smallest absolute Gasteiger partial charge is 0.227 e. The number of halogens is 1. The molecule has 1 aliphatic rings. The third kappa shape index (κ3) is 4.20. The average molecular weight is 330 g/mol. The normalized spacial score (nSPS) is 15.5. The molecule has 5 nitrogen and oxygen atoms in total. The van der Waals surface area contributed by atoms with Crippen molar-refractivity contribution in [3.63, 3.8) is 0 Å². The Labute approximate surface area is 142 Å². The Morgan fingerprint density at radius 1 is 1.17 bits per heavy atom. The molecule has 1 fully saturated rings. The van der Waals surface area contributed by atoms with Gasteiger partial charge in [0.1, 0.15) is 11.6 Å². The molecule has 0 unspecified atom stereocenters. The summed E-state index contributed by atoms with van der Waals surface area (Å²) in [4.78, 5) is 13.1. The second kappa shape index (κ2) is 7.57. The topological polar surface area (TPSA) is 41.5 Å². The lowest BCUT2D eigenvalue weighted by Crippen LogP contribution is -2.38. The quantitative estimate of drug-likeness (QED) is 0.843. The van der Waals surface area contributed by atoms with E-state index in [1.54, 1.807) is 18.3 Å². The highest BCUT2D eigenvalue weighted by Crippen LogP contribution is 2.20. The van der Waals surface area contributed by atoms with Crippen molar-refractivity contribution >= 4 is 11.8 Å². The fourth-order valence-electron chi connectivity index (χ4n) is 2.76. The highest BCUT2D eigenvalue weighted by Gasteiger charge is 2.21. The Hall–Kier alpha value is -2.21. The molecule has 1 aliphatic heterocycles. The number of piperidine rings is 1. The molecule has 128 valence electrons. The molecule has 2 aromatic rings. The Morgan fingerprint density at radius 3 is 2.54 bits per heavy atom. The maximum atomic E-state index is 12.9. The zero-order valence-corrected chi connectivity index (χ0v) is 14.2. The molecule has 0 amide bonds. The van der Waals surface area contributed by atoms with E-state index in [0.29, 0.717) is 6.61 Å². The van der Waals surface area contributed by atoms with Crippen LogP contribution < -0.4 is 9.80 Å². The van der Waals surface area contributed by atoms with Crippen molar-refractivity contribution < 1.29 is 9.13 Å². The van der Waals surface area contributed by atoms with Gasteiger partial charge in [0, 0.05) is 33.4 Å². The maximum absolute atomic E-state index is 12.9. The number of hydrogen-bond acceptors (Lipinski definition) is 5. The van der Waals surface area contributed by atoms with E-state index in [-0.39, 0.29) is 11.9 Å². The summed E-state index contributed by atoms with van der Waals surface area (Å²) < 4.78 is 18.9. The first-order valence-corrected chi connectivity index (χ1v) is 8.23. The lowest BCUT2D eigenvalue weighted by atomic mass is 10.1. The summed E-state index contributed by atoms with van der Waals surface area (Å²) in [6, 6.07) is 8.38. The van der Waals surface area contributed by atoms with Gasteiger partial charge in [-0.25, -0.2) is 9.37 Å². The largest absolute Gasteiger partial charge is 0.373 e. The van der Waals surface area contributed by atoms with Gasteiger partial charge in [-0.05, 0) is 36.6 Å². The number of hydrogen-bond donors (Lipinski definition) is 0. The fourth-order valence-corrected chi connectivity index (χ4v) is 2.76. The van der Waals surface area contributed by atoms with Crippen molar-refractivity contribution in [1.82, 2.24) is 9.97 Å². The SMILES string of the molecule is CN(C)c1ccnc(N2CCC(OCc3ccc(F)cc3)CC2)n1. The van der Waals surface area contributed by atoms with Crippen LogP contribution in [0.4, 0.5) is 16.2 Å². The van der Waals surface area contributed by atoms with Crippen LogP contribution in [0.15, 0.2) is 36.5 Å². The van der Waals surface area contributed by atoms with Gasteiger partial charge in [0.05, 0.1) is 12.7 Å². The minimum absolute atomic E-state index is 0.216. The standard InChI is InChI=1S/C18H23FN4O/c1-22(2)17-7-10-20-18(21-17)23-11-8-16(9-12-23)24-13-14-3-5-15(19)6-4-14/h3-7,10,16H,8-9,11-13H2,1-2H3. The Kier molecular flexibility index (Phi) is 5.25. The molecule has 0 radical (unpaired) electrons. The first-order chi connectivity index (χ1) is 11.6. The maximum Gasteiger partial charge on any atom is 0.227 e. The van der Waals surface area contributed by atoms with Crippen molar-refractivity contribution in [2.24, 2.45) is 0 Å². The van der Waals surface area contributed by atoms with Crippen molar-refractivity contribution in [1.29, 1.82) is 0 Å². The van der Waals surface area contributed by atoms with Crippen LogP contribution in [0.5, 0.6) is 0 Å². The van der Waals surface area contributed by atoms with E-state index < -0.39 is 0 Å². The van der Waals surface area contributed by atoms with Crippen LogP contribution in [0.3, 0.4) is 0 Å². The first-order valence-electron chi connectivity index (χ1n) is 8.23. The van der Waals surface area contributed by atoms with Crippen molar-refractivity contribution in [2.75, 3.05) is 37.0 Å². The molecule has 1 saturated heterocycles. The fraction of sp³-hybridized carbons (Fsp3) is 0.444. The molecule has 0 saturated carbocycles. The van der Waals surface area contributed by atoms with Gasteiger partial charge in [-0.2, -0.15) is 4.98 Å². The average Bonchev–Trinajstić information content (AvgIpc) is 2.62. The zero-order chi connectivity index (χ0) is 16.9. The molecule has 6 heteroatoms. The number of benzene rings is 1. The molecule has 24 heavy (non-hydrogen) atoms. The van der Waals surface area contributed by atoms with Gasteiger partial charge in [0.15, 0.2) is 0 Å². The summed E-state index contributed by atoms with van der Waals surface area (Å²) >= 11 is 0. The van der Waals surface area contributed by atoms with E-state index in [2.05, 4.69) is 14.9 Å². The Morgan fingerprint density at radius 2 is 1.88 bits per heavy atom. The van der Waals surface area contributed by atoms with Crippen LogP contribution in [-0.4, -0.2) is 43.3 Å². The van der Waals surface area contributed by atoms with Gasteiger partial charge in [-0.3, -0.25) is 0 Å². The molecule has 2 heterocycles. The third-order valence-corrected chi connectivity index (χ3v) is 4.21. The number of aromatic nitrogens is 2. The molecule has 0 N–H and O–H groups in total. The van der Waals surface area contributed by atoms with Crippen molar-refractivity contribution in [3.8, 4) is 0 Å². The predicted octanol–water partition coefficient (Wildman–Crippen LogP) is 2.87. The van der Waals surface area contributed by atoms with E-state index >= 15 is 0 Å². The summed E-state index contributed by atoms with van der Waals surface area (Å²) in [6.07, 6.45) is 3.91. The van der Waals surface area contributed by atoms with Crippen LogP contribution in [0.25, 0.3) is 0 Å². The van der Waals surface area contributed by atoms with E-state index in [1.165, 1.54) is 12.1 Å². The van der Waals surface area contributed by atoms with Crippen LogP contribution >= 0.6 is 0 Å². The molecule has 0 aliphatic carbocycles. The molecule has 1 aromatic carbocycles. The minimum Gasteiger partial charge on any atom is -0.373 e. The van der Waals surface area contributed by atoms with Gasteiger partial charge < -0.3 is 14.5 Å². The van der Waals surface area contributed by atoms with Gasteiger partial charge >= 0.3 is 0 Å². The monoisotopic (exact) mass is 330 g/mol. The second-order valence-electron chi connectivity index (χ2n) is 6.23. The minimum atomic E-state index is -0.216. The van der Waals surface area contributed by atoms with Crippen LogP contribution in [0, 0.1) is 5.82 Å². The predicted molar refractivity (Wildman–Crippen MR) is 92.8 cm³/mol. The molecular weight excluding hydrogens is 307 g/mol. The van der Waals surface area contributed by atoms with E-state index in [1.807, 2.05) is 25.1 Å². The van der Waals surface area contributed by atoms with Gasteiger partial charge in [0.25, 0.3) is 0 Å². The molecule has 3 rings (SSSR count). The van der Waals surface area contributed by atoms with Crippen LogP contribution in [0.2, 0.25) is 0 Å². The van der Waals surface area contributed by atoms with Gasteiger partial charge in [-0.15, -0.1) is 0 Å². The van der Waals surface area contributed by atoms with E-state index in [4.69, 9.17) is 4.74 Å². The number of nitrogens with zero attached hydrogens (tertiary/aromatic N) is 4. The van der Waals surface area contributed by atoms with E-state index in [9.17, 15) is 4.39 Å². The highest BCUT2D eigenvalue weighted by molar-refractivity contribution is 5.42. The zero-order valence-electron chi connectivity index (χ0n) is 14.2. The molecule has 0 bridgehead atoms. The summed E-state index contributed by atoms with van der Waals surface area (Å²) in [7, 11) is 3.95. The number of rotatable bonds is 5. The number of ether oxygens (including phenoxy) is 1. The third-order valence-electron chi connectivity index (χ3n) is 4.21. The van der Waals surface area contributed by atoms with Crippen LogP contribution in [-0.2, 0) is 11.3 Å². The molecule has 0 atom stereocenters. The Bertz CT molecular complexity index is 654. The van der Waals surface area contributed by atoms with Crippen LogP contribution in [0.1, 0.15) is 18.4 Å². The lowest BCUT2D eigenvalue weighted by molar-refractivity contribution is 0.0249. The lowest BCUT2D eigenvalue weighted by Gasteiger charge is -2.32. The van der Waals surface area contributed by atoms with Crippen molar-refractivity contribution in [2.45, 2.75) is 25.6 Å². The molecule has 0 spiro atoms. The van der Waals surface area contributed by atoms with Gasteiger partial charge in [0.2, 0.25) is 5.95 Å². The number of anilines is 2. The second-order valence-corrected chi connectivity index (χ2v) is 6.23. The summed E-state index contributed by atoms with van der Waals surface area (Å²) in [5, 5.41) is 0. The summed E-state index contributed by atoms with van der Waals surface area (Å²) in [5.41, 5.74) is 1.00. The summed E-state index contributed by atoms with van der Waals surface area (Å²) in [5.74, 6) is 1.47. The van der Waals surface area contributed by atoms with Crippen molar-refractivity contribution in [3.05, 3.63) is 47.9 Å². The molecular formula is C18H23FN4O. The first kappa shape index (κ1) is 16.6. The molecule has 1 aromatic heterocycles. The Balaban J connectivity index is 1.50. The van der Waals surface area contributed by atoms with E-state index in [0.717, 1.165) is 43.3 Å². The van der Waals surface area contributed by atoms with Gasteiger partial charge in [-0.1, -0.05) is 12.1 Å². The highest BCUT2D eigenvalue weighted by atomic mass is 19.1.